The van der Waals surface area contributed by atoms with Gasteiger partial charge in [-0.15, -0.1) is 0 Å². The predicted molar refractivity (Wildman–Crippen MR) is 97.4 cm³/mol. The molecular formula is C20H19FN2O4. The first-order valence-corrected chi connectivity index (χ1v) is 8.17. The maximum atomic E-state index is 13.5. The summed E-state index contributed by atoms with van der Waals surface area (Å²) in [5.74, 6) is -2.32. The molecule has 0 unspecified atom stereocenters. The van der Waals surface area contributed by atoms with E-state index >= 15 is 0 Å². The van der Waals surface area contributed by atoms with Gasteiger partial charge in [0.1, 0.15) is 11.5 Å². The summed E-state index contributed by atoms with van der Waals surface area (Å²) in [5.41, 5.74) is 0.915. The van der Waals surface area contributed by atoms with Crippen LogP contribution in [-0.4, -0.2) is 24.4 Å². The number of carbonyl (C=O) groups excluding carboxylic acids is 3. The number of esters is 1. The van der Waals surface area contributed by atoms with E-state index in [1.54, 1.807) is 42.5 Å². The number of benzene rings is 2. The van der Waals surface area contributed by atoms with Gasteiger partial charge in [0.2, 0.25) is 5.91 Å². The minimum absolute atomic E-state index is 0.0263. The number of amides is 2. The SMILES string of the molecule is CC(=O)N/C(=C/c1ccccc1)C(=O)OCC(=O)NCc1ccccc1F. The zero-order chi connectivity index (χ0) is 19.6. The summed E-state index contributed by atoms with van der Waals surface area (Å²) in [7, 11) is 0. The summed E-state index contributed by atoms with van der Waals surface area (Å²) in [6.45, 7) is 0.674. The second-order valence-electron chi connectivity index (χ2n) is 5.59. The molecule has 0 aliphatic heterocycles. The molecular weight excluding hydrogens is 351 g/mol. The first-order chi connectivity index (χ1) is 13.0. The van der Waals surface area contributed by atoms with Gasteiger partial charge in [0.05, 0.1) is 0 Å². The molecule has 0 bridgehead atoms. The third-order valence-corrected chi connectivity index (χ3v) is 3.41. The first-order valence-electron chi connectivity index (χ1n) is 8.17. The molecule has 2 N–H and O–H groups in total. The van der Waals surface area contributed by atoms with Crippen molar-refractivity contribution < 1.29 is 23.5 Å². The van der Waals surface area contributed by atoms with E-state index in [-0.39, 0.29) is 12.2 Å². The molecule has 6 nitrogen and oxygen atoms in total. The largest absolute Gasteiger partial charge is 0.451 e. The van der Waals surface area contributed by atoms with Crippen molar-refractivity contribution in [3.05, 3.63) is 77.2 Å². The van der Waals surface area contributed by atoms with Gasteiger partial charge in [0, 0.05) is 19.0 Å². The van der Waals surface area contributed by atoms with Gasteiger partial charge in [-0.1, -0.05) is 48.5 Å². The number of nitrogens with one attached hydrogen (secondary N) is 2. The number of hydrogen-bond donors (Lipinski definition) is 2. The van der Waals surface area contributed by atoms with E-state index < -0.39 is 30.2 Å². The van der Waals surface area contributed by atoms with E-state index in [1.165, 1.54) is 19.1 Å². The van der Waals surface area contributed by atoms with Crippen LogP contribution in [0.4, 0.5) is 4.39 Å². The second kappa shape index (κ2) is 9.86. The molecule has 0 radical (unpaired) electrons. The molecule has 0 aromatic heterocycles. The van der Waals surface area contributed by atoms with Gasteiger partial charge in [-0.3, -0.25) is 9.59 Å². The zero-order valence-corrected chi connectivity index (χ0v) is 14.7. The van der Waals surface area contributed by atoms with Crippen molar-refractivity contribution in [1.29, 1.82) is 0 Å². The van der Waals surface area contributed by atoms with Crippen LogP contribution in [0.15, 0.2) is 60.3 Å². The third kappa shape index (κ3) is 6.74. The minimum atomic E-state index is -0.852. The lowest BCUT2D eigenvalue weighted by molar-refractivity contribution is -0.145. The molecule has 2 aromatic rings. The quantitative estimate of drug-likeness (QED) is 0.578. The average Bonchev–Trinajstić information content (AvgIpc) is 2.65. The molecule has 0 heterocycles. The molecule has 140 valence electrons. The normalized spacial score (nSPS) is 10.8. The Labute approximate surface area is 156 Å². The van der Waals surface area contributed by atoms with Crippen molar-refractivity contribution in [3.63, 3.8) is 0 Å². The highest BCUT2D eigenvalue weighted by molar-refractivity contribution is 5.98. The molecule has 0 aliphatic carbocycles. The highest BCUT2D eigenvalue weighted by Crippen LogP contribution is 2.07. The highest BCUT2D eigenvalue weighted by Gasteiger charge is 2.15. The number of halogens is 1. The molecule has 27 heavy (non-hydrogen) atoms. The Bertz CT molecular complexity index is 850. The van der Waals surface area contributed by atoms with Crippen LogP contribution < -0.4 is 10.6 Å². The Morgan fingerprint density at radius 2 is 1.70 bits per heavy atom. The minimum Gasteiger partial charge on any atom is -0.451 e. The molecule has 0 saturated heterocycles. The molecule has 0 spiro atoms. The lowest BCUT2D eigenvalue weighted by atomic mass is 10.2. The van der Waals surface area contributed by atoms with E-state index in [0.717, 1.165) is 0 Å². The number of ether oxygens (including phenoxy) is 1. The topological polar surface area (TPSA) is 84.5 Å². The smallest absolute Gasteiger partial charge is 0.355 e. The van der Waals surface area contributed by atoms with Crippen molar-refractivity contribution in [2.75, 3.05) is 6.61 Å². The van der Waals surface area contributed by atoms with E-state index in [0.29, 0.717) is 11.1 Å². The molecule has 0 saturated carbocycles. The molecule has 0 aliphatic rings. The summed E-state index contributed by atoms with van der Waals surface area (Å²) in [4.78, 5) is 35.3. The van der Waals surface area contributed by atoms with Gasteiger partial charge in [-0.2, -0.15) is 0 Å². The summed E-state index contributed by atoms with van der Waals surface area (Å²) in [5, 5.41) is 4.85. The summed E-state index contributed by atoms with van der Waals surface area (Å²) < 4.78 is 18.4. The van der Waals surface area contributed by atoms with Crippen LogP contribution in [-0.2, 0) is 25.7 Å². The van der Waals surface area contributed by atoms with Gasteiger partial charge < -0.3 is 15.4 Å². The van der Waals surface area contributed by atoms with E-state index in [9.17, 15) is 18.8 Å². The van der Waals surface area contributed by atoms with Crippen LogP contribution in [0, 0.1) is 5.82 Å². The molecule has 2 amide bonds. The van der Waals surface area contributed by atoms with Crippen LogP contribution in [0.2, 0.25) is 0 Å². The van der Waals surface area contributed by atoms with Gasteiger partial charge in [-0.05, 0) is 17.7 Å². The van der Waals surface area contributed by atoms with Gasteiger partial charge in [0.15, 0.2) is 6.61 Å². The summed E-state index contributed by atoms with van der Waals surface area (Å²) in [6, 6.07) is 14.9. The Morgan fingerprint density at radius 1 is 1.04 bits per heavy atom. The highest BCUT2D eigenvalue weighted by atomic mass is 19.1. The van der Waals surface area contributed by atoms with Crippen molar-refractivity contribution >= 4 is 23.9 Å². The molecule has 0 fully saturated rings. The van der Waals surface area contributed by atoms with E-state index in [4.69, 9.17) is 4.74 Å². The van der Waals surface area contributed by atoms with Crippen molar-refractivity contribution in [1.82, 2.24) is 10.6 Å². The fourth-order valence-electron chi connectivity index (χ4n) is 2.15. The third-order valence-electron chi connectivity index (χ3n) is 3.41. The van der Waals surface area contributed by atoms with Crippen molar-refractivity contribution in [2.45, 2.75) is 13.5 Å². The number of rotatable bonds is 7. The zero-order valence-electron chi connectivity index (χ0n) is 14.7. The van der Waals surface area contributed by atoms with Crippen LogP contribution in [0.1, 0.15) is 18.1 Å². The molecule has 2 rings (SSSR count). The monoisotopic (exact) mass is 370 g/mol. The number of carbonyl (C=O) groups is 3. The second-order valence-corrected chi connectivity index (χ2v) is 5.59. The van der Waals surface area contributed by atoms with Crippen molar-refractivity contribution in [3.8, 4) is 0 Å². The van der Waals surface area contributed by atoms with Crippen molar-refractivity contribution in [2.24, 2.45) is 0 Å². The number of hydrogen-bond acceptors (Lipinski definition) is 4. The predicted octanol–water partition coefficient (Wildman–Crippen LogP) is 2.16. The lowest BCUT2D eigenvalue weighted by Crippen LogP contribution is -2.31. The van der Waals surface area contributed by atoms with Crippen LogP contribution in [0.3, 0.4) is 0 Å². The Hall–Kier alpha value is -3.48. The fraction of sp³-hybridized carbons (Fsp3) is 0.150. The molecule has 2 aromatic carbocycles. The maximum absolute atomic E-state index is 13.5. The van der Waals surface area contributed by atoms with Gasteiger partial charge >= 0.3 is 5.97 Å². The maximum Gasteiger partial charge on any atom is 0.355 e. The summed E-state index contributed by atoms with van der Waals surface area (Å²) >= 11 is 0. The fourth-order valence-corrected chi connectivity index (χ4v) is 2.15. The van der Waals surface area contributed by atoms with Crippen LogP contribution in [0.25, 0.3) is 6.08 Å². The first kappa shape index (κ1) is 19.8. The Morgan fingerprint density at radius 3 is 2.37 bits per heavy atom. The van der Waals surface area contributed by atoms with E-state index in [2.05, 4.69) is 10.6 Å². The van der Waals surface area contributed by atoms with Crippen LogP contribution in [0.5, 0.6) is 0 Å². The molecule has 0 atom stereocenters. The average molecular weight is 370 g/mol. The van der Waals surface area contributed by atoms with Gasteiger partial charge in [0.25, 0.3) is 5.91 Å². The standard InChI is InChI=1S/C20H19FN2O4/c1-14(24)23-18(11-15-7-3-2-4-8-15)20(26)27-13-19(25)22-12-16-9-5-6-10-17(16)21/h2-11H,12-13H2,1H3,(H,22,25)(H,23,24)/b18-11+. The van der Waals surface area contributed by atoms with Gasteiger partial charge in [-0.25, -0.2) is 9.18 Å². The Kier molecular flexibility index (Phi) is 7.25. The van der Waals surface area contributed by atoms with Crippen LogP contribution >= 0.6 is 0 Å². The Balaban J connectivity index is 1.92. The molecule has 7 heteroatoms. The summed E-state index contributed by atoms with van der Waals surface area (Å²) in [6.07, 6.45) is 1.45. The lowest BCUT2D eigenvalue weighted by Gasteiger charge is -2.10. The van der Waals surface area contributed by atoms with E-state index in [1.807, 2.05) is 6.07 Å².